The van der Waals surface area contributed by atoms with Gasteiger partial charge in [-0.1, -0.05) is 13.8 Å². The molecule has 0 saturated heterocycles. The molecular weight excluding hydrogens is 182 g/mol. The Balaban J connectivity index is 3.76. The van der Waals surface area contributed by atoms with Crippen molar-refractivity contribution in [1.82, 2.24) is 5.32 Å². The summed E-state index contributed by atoms with van der Waals surface area (Å²) in [4.78, 5) is 22.4. The fourth-order valence-electron chi connectivity index (χ4n) is 0.985. The lowest BCUT2D eigenvalue weighted by Gasteiger charge is -2.10. The van der Waals surface area contributed by atoms with E-state index in [9.17, 15) is 9.59 Å². The first-order chi connectivity index (χ1) is 6.61. The Kier molecular flexibility index (Phi) is 6.80. The molecule has 0 saturated carbocycles. The molecule has 1 unspecified atom stereocenters. The molecule has 1 atom stereocenters. The van der Waals surface area contributed by atoms with Gasteiger partial charge in [0.25, 0.3) is 0 Å². The molecule has 14 heavy (non-hydrogen) atoms. The number of amides is 1. The molecule has 0 bridgehead atoms. The highest BCUT2D eigenvalue weighted by Crippen LogP contribution is 2.03. The van der Waals surface area contributed by atoms with Crippen LogP contribution in [0.3, 0.4) is 0 Å². The highest BCUT2D eigenvalue weighted by atomic mass is 16.5. The Morgan fingerprint density at radius 3 is 2.50 bits per heavy atom. The smallest absolute Gasteiger partial charge is 0.306 e. The van der Waals surface area contributed by atoms with Crippen molar-refractivity contribution in [3.05, 3.63) is 0 Å². The second kappa shape index (κ2) is 7.35. The van der Waals surface area contributed by atoms with Crippen LogP contribution in [0.4, 0.5) is 0 Å². The average Bonchev–Trinajstić information content (AvgIpc) is 2.14. The van der Waals surface area contributed by atoms with Gasteiger partial charge in [-0.25, -0.2) is 0 Å². The summed E-state index contributed by atoms with van der Waals surface area (Å²) < 4.78 is 4.75. The van der Waals surface area contributed by atoms with E-state index < -0.39 is 0 Å². The van der Waals surface area contributed by atoms with Crippen molar-refractivity contribution >= 4 is 11.9 Å². The summed E-state index contributed by atoms with van der Waals surface area (Å²) in [6, 6.07) is 0. The van der Waals surface area contributed by atoms with E-state index in [0.29, 0.717) is 13.2 Å². The van der Waals surface area contributed by atoms with Gasteiger partial charge in [-0.3, -0.25) is 9.59 Å². The minimum absolute atomic E-state index is 0.0834. The lowest BCUT2D eigenvalue weighted by Crippen LogP contribution is -2.31. The summed E-state index contributed by atoms with van der Waals surface area (Å²) in [6.45, 7) is 6.48. The second-order valence-corrected chi connectivity index (χ2v) is 3.20. The fourth-order valence-corrected chi connectivity index (χ4v) is 0.985. The van der Waals surface area contributed by atoms with Crippen LogP contribution in [0.2, 0.25) is 0 Å². The van der Waals surface area contributed by atoms with Crippen molar-refractivity contribution in [3.63, 3.8) is 0 Å². The predicted octanol–water partition coefficient (Wildman–Crippen LogP) is 1.10. The Morgan fingerprint density at radius 2 is 2.00 bits per heavy atom. The maximum Gasteiger partial charge on any atom is 0.306 e. The van der Waals surface area contributed by atoms with Crippen LogP contribution >= 0.6 is 0 Å². The van der Waals surface area contributed by atoms with Gasteiger partial charge in [-0.2, -0.15) is 0 Å². The van der Waals surface area contributed by atoms with Gasteiger partial charge in [0.1, 0.15) is 0 Å². The van der Waals surface area contributed by atoms with Crippen molar-refractivity contribution in [2.24, 2.45) is 5.92 Å². The van der Waals surface area contributed by atoms with Crippen LogP contribution in [0.15, 0.2) is 0 Å². The third-order valence-electron chi connectivity index (χ3n) is 1.77. The molecule has 0 aliphatic rings. The molecule has 0 radical (unpaired) electrons. The lowest BCUT2D eigenvalue weighted by atomic mass is 10.1. The van der Waals surface area contributed by atoms with Crippen molar-refractivity contribution in [1.29, 1.82) is 0 Å². The summed E-state index contributed by atoms with van der Waals surface area (Å²) in [7, 11) is 0. The quantitative estimate of drug-likeness (QED) is 0.655. The Hall–Kier alpha value is -1.06. The zero-order chi connectivity index (χ0) is 11.0. The molecule has 0 fully saturated rings. The van der Waals surface area contributed by atoms with Crippen LogP contribution in [0.1, 0.15) is 33.6 Å². The number of carbonyl (C=O) groups is 2. The molecule has 4 nitrogen and oxygen atoms in total. The summed E-state index contributed by atoms with van der Waals surface area (Å²) in [6.07, 6.45) is 1.06. The first kappa shape index (κ1) is 12.9. The Labute approximate surface area is 85.0 Å². The largest absolute Gasteiger partial charge is 0.466 e. The minimum atomic E-state index is -0.313. The van der Waals surface area contributed by atoms with E-state index in [1.807, 2.05) is 6.92 Å². The number of hydrogen-bond donors (Lipinski definition) is 1. The molecule has 82 valence electrons. The molecule has 0 aromatic heterocycles. The van der Waals surface area contributed by atoms with Gasteiger partial charge >= 0.3 is 5.97 Å². The number of hydrogen-bond acceptors (Lipinski definition) is 3. The molecule has 1 N–H and O–H groups in total. The summed E-state index contributed by atoms with van der Waals surface area (Å²) in [5.74, 6) is -0.702. The topological polar surface area (TPSA) is 55.4 Å². The number of rotatable bonds is 6. The molecule has 4 heteroatoms. The van der Waals surface area contributed by atoms with E-state index in [0.717, 1.165) is 6.42 Å². The predicted molar refractivity (Wildman–Crippen MR) is 53.7 cm³/mol. The van der Waals surface area contributed by atoms with Crippen LogP contribution in [-0.4, -0.2) is 25.0 Å². The maximum atomic E-state index is 11.3. The zero-order valence-electron chi connectivity index (χ0n) is 9.13. The molecule has 0 rings (SSSR count). The number of carbonyl (C=O) groups excluding carboxylic acids is 2. The van der Waals surface area contributed by atoms with Crippen molar-refractivity contribution in [2.45, 2.75) is 33.6 Å². The van der Waals surface area contributed by atoms with Crippen molar-refractivity contribution < 1.29 is 14.3 Å². The first-order valence-electron chi connectivity index (χ1n) is 5.05. The van der Waals surface area contributed by atoms with E-state index in [-0.39, 0.29) is 24.2 Å². The van der Waals surface area contributed by atoms with Gasteiger partial charge in [0.2, 0.25) is 5.91 Å². The molecular formula is C10H19NO3. The van der Waals surface area contributed by atoms with Crippen LogP contribution < -0.4 is 5.32 Å². The third kappa shape index (κ3) is 5.56. The minimum Gasteiger partial charge on any atom is -0.466 e. The molecule has 0 spiro atoms. The standard InChI is InChI=1S/C10H19NO3/c1-4-6-11-10(13)8(3)7-9(12)14-5-2/h8H,4-7H2,1-3H3,(H,11,13). The van der Waals surface area contributed by atoms with Gasteiger partial charge in [0, 0.05) is 12.5 Å². The van der Waals surface area contributed by atoms with Crippen LogP contribution in [0.5, 0.6) is 0 Å². The third-order valence-corrected chi connectivity index (χ3v) is 1.77. The van der Waals surface area contributed by atoms with E-state index in [1.165, 1.54) is 0 Å². The molecule has 0 aliphatic heterocycles. The molecule has 0 aromatic rings. The summed E-state index contributed by atoms with van der Waals surface area (Å²) in [5, 5.41) is 2.73. The zero-order valence-corrected chi connectivity index (χ0v) is 9.13. The van der Waals surface area contributed by atoms with E-state index in [1.54, 1.807) is 13.8 Å². The molecule has 0 aliphatic carbocycles. The number of nitrogens with one attached hydrogen (secondary N) is 1. The maximum absolute atomic E-state index is 11.3. The van der Waals surface area contributed by atoms with E-state index in [2.05, 4.69) is 5.32 Å². The van der Waals surface area contributed by atoms with Crippen molar-refractivity contribution in [2.75, 3.05) is 13.2 Å². The summed E-state index contributed by atoms with van der Waals surface area (Å²) in [5.41, 5.74) is 0. The highest BCUT2D eigenvalue weighted by molar-refractivity contribution is 5.83. The van der Waals surface area contributed by atoms with Gasteiger partial charge in [0.05, 0.1) is 13.0 Å². The fraction of sp³-hybridized carbons (Fsp3) is 0.800. The molecule has 0 heterocycles. The highest BCUT2D eigenvalue weighted by Gasteiger charge is 2.16. The van der Waals surface area contributed by atoms with Crippen LogP contribution in [0, 0.1) is 5.92 Å². The van der Waals surface area contributed by atoms with Gasteiger partial charge < -0.3 is 10.1 Å². The SMILES string of the molecule is CCCNC(=O)C(C)CC(=O)OCC. The lowest BCUT2D eigenvalue weighted by molar-refractivity contribution is -0.146. The first-order valence-corrected chi connectivity index (χ1v) is 5.05. The van der Waals surface area contributed by atoms with E-state index >= 15 is 0 Å². The van der Waals surface area contributed by atoms with Gasteiger partial charge in [0.15, 0.2) is 0 Å². The van der Waals surface area contributed by atoms with E-state index in [4.69, 9.17) is 4.74 Å². The summed E-state index contributed by atoms with van der Waals surface area (Å²) >= 11 is 0. The number of ether oxygens (including phenoxy) is 1. The molecule has 0 aromatic carbocycles. The normalized spacial score (nSPS) is 11.9. The van der Waals surface area contributed by atoms with Crippen molar-refractivity contribution in [3.8, 4) is 0 Å². The molecule has 1 amide bonds. The van der Waals surface area contributed by atoms with Gasteiger partial charge in [-0.15, -0.1) is 0 Å². The average molecular weight is 201 g/mol. The number of esters is 1. The second-order valence-electron chi connectivity index (χ2n) is 3.20. The van der Waals surface area contributed by atoms with Gasteiger partial charge in [-0.05, 0) is 13.3 Å². The van der Waals surface area contributed by atoms with Crippen LogP contribution in [0.25, 0.3) is 0 Å². The Morgan fingerprint density at radius 1 is 1.36 bits per heavy atom. The Bertz CT molecular complexity index is 192. The van der Waals surface area contributed by atoms with Crippen LogP contribution in [-0.2, 0) is 14.3 Å². The monoisotopic (exact) mass is 201 g/mol.